The summed E-state index contributed by atoms with van der Waals surface area (Å²) in [5.74, 6) is 1.17. The van der Waals surface area contributed by atoms with E-state index in [0.29, 0.717) is 35.4 Å². The van der Waals surface area contributed by atoms with Gasteiger partial charge in [0.2, 0.25) is 5.91 Å². The number of fused-ring (bicyclic) bond motifs is 1. The molecule has 0 saturated carbocycles. The fraction of sp³-hybridized carbons (Fsp3) is 0.371. The number of likely N-dealkylation sites (N-methyl/N-ethyl adjacent to an activating group) is 2. The summed E-state index contributed by atoms with van der Waals surface area (Å²) < 4.78 is 1.51. The van der Waals surface area contributed by atoms with Crippen LogP contribution < -0.4 is 16.2 Å². The first-order valence-electron chi connectivity index (χ1n) is 15.5. The highest BCUT2D eigenvalue weighted by molar-refractivity contribution is 7.14. The Bertz CT molecular complexity index is 1830. The van der Waals surface area contributed by atoms with Crippen molar-refractivity contribution in [3.63, 3.8) is 0 Å². The zero-order chi connectivity index (χ0) is 32.0. The number of anilines is 3. The van der Waals surface area contributed by atoms with Gasteiger partial charge in [-0.2, -0.15) is 0 Å². The first-order chi connectivity index (χ1) is 21.5. The van der Waals surface area contributed by atoms with Crippen molar-refractivity contribution in [3.8, 4) is 11.3 Å². The van der Waals surface area contributed by atoms with Crippen LogP contribution in [0.3, 0.4) is 0 Å². The van der Waals surface area contributed by atoms with Crippen LogP contribution in [0.2, 0.25) is 0 Å². The fourth-order valence-corrected chi connectivity index (χ4v) is 7.77. The number of hydrogen-bond donors (Lipinski definition) is 2. The van der Waals surface area contributed by atoms with E-state index in [1.807, 2.05) is 63.5 Å². The van der Waals surface area contributed by atoms with E-state index in [-0.39, 0.29) is 29.2 Å². The third kappa shape index (κ3) is 5.80. The standard InChI is InChI=1S/C35H40N6O3S/c1-7-22-17-20(2)31-26(22)18-29(45-31)33(42)38-27-10-8-9-25(21(27)3)28-19-41(6)35(44)32(37-28)36-24-13-11-23(12-14-24)30-34(43)40(5)16-15-39(30)4/h8-14,18-20,22,30H,7,15-17H2,1-6H3,(H,36,37)(H,38,42)/t20-,22+,30-/m0/s1. The average Bonchev–Trinajstić information content (AvgIpc) is 3.59. The summed E-state index contributed by atoms with van der Waals surface area (Å²) in [6.07, 6.45) is 3.95. The molecule has 0 bridgehead atoms. The Labute approximate surface area is 267 Å². The number of nitrogens with zero attached hydrogens (tertiary/aromatic N) is 4. The molecule has 2 aliphatic rings. The lowest BCUT2D eigenvalue weighted by Crippen LogP contribution is -2.48. The predicted molar refractivity (Wildman–Crippen MR) is 181 cm³/mol. The number of nitrogens with one attached hydrogen (secondary N) is 2. The molecule has 1 saturated heterocycles. The van der Waals surface area contributed by atoms with E-state index in [0.717, 1.165) is 41.0 Å². The molecule has 2 amide bonds. The highest BCUT2D eigenvalue weighted by Crippen LogP contribution is 2.47. The SMILES string of the molecule is CC[C@@H]1C[C@H](C)c2sc(C(=O)Nc3cccc(-c4cn(C)c(=O)c(Nc5ccc([C@H]6C(=O)N(C)CCN6C)cc5)n4)c3C)cc21. The molecule has 10 heteroatoms. The Morgan fingerprint density at radius 2 is 1.82 bits per heavy atom. The molecule has 3 heterocycles. The third-order valence-corrected chi connectivity index (χ3v) is 10.7. The largest absolute Gasteiger partial charge is 0.343 e. The fourth-order valence-electron chi connectivity index (χ4n) is 6.56. The Balaban J connectivity index is 1.23. The van der Waals surface area contributed by atoms with Crippen LogP contribution in [0.4, 0.5) is 17.2 Å². The molecule has 0 radical (unpaired) electrons. The molecule has 1 aliphatic carbocycles. The van der Waals surface area contributed by atoms with E-state index >= 15 is 0 Å². The molecule has 0 unspecified atom stereocenters. The van der Waals surface area contributed by atoms with Gasteiger partial charge in [0.15, 0.2) is 5.82 Å². The molecule has 1 aliphatic heterocycles. The topological polar surface area (TPSA) is 99.6 Å². The molecular formula is C35H40N6O3S. The minimum absolute atomic E-state index is 0.0697. The van der Waals surface area contributed by atoms with E-state index in [1.54, 1.807) is 29.5 Å². The summed E-state index contributed by atoms with van der Waals surface area (Å²) in [6.45, 7) is 7.92. The number of benzene rings is 2. The summed E-state index contributed by atoms with van der Waals surface area (Å²) in [6, 6.07) is 15.0. The van der Waals surface area contributed by atoms with Crippen LogP contribution in [0.25, 0.3) is 11.3 Å². The minimum Gasteiger partial charge on any atom is -0.343 e. The number of amides is 2. The highest BCUT2D eigenvalue weighted by atomic mass is 32.1. The third-order valence-electron chi connectivity index (χ3n) is 9.29. The molecule has 45 heavy (non-hydrogen) atoms. The molecule has 2 aromatic carbocycles. The molecule has 0 spiro atoms. The van der Waals surface area contributed by atoms with Crippen molar-refractivity contribution in [3.05, 3.63) is 91.5 Å². The van der Waals surface area contributed by atoms with Crippen molar-refractivity contribution in [1.82, 2.24) is 19.4 Å². The lowest BCUT2D eigenvalue weighted by Gasteiger charge is -2.37. The minimum atomic E-state index is -0.333. The molecular weight excluding hydrogens is 584 g/mol. The number of hydrogen-bond acceptors (Lipinski definition) is 7. The second kappa shape index (κ2) is 12.3. The number of thiophene rings is 1. The maximum atomic E-state index is 13.4. The quantitative estimate of drug-likeness (QED) is 0.252. The van der Waals surface area contributed by atoms with Crippen LogP contribution >= 0.6 is 11.3 Å². The second-order valence-electron chi connectivity index (χ2n) is 12.4. The van der Waals surface area contributed by atoms with Crippen molar-refractivity contribution >= 4 is 40.3 Å². The Hall–Kier alpha value is -4.28. The number of carbonyl (C=O) groups excluding carboxylic acids is 2. The molecule has 3 atom stereocenters. The van der Waals surface area contributed by atoms with Gasteiger partial charge in [0, 0.05) is 55.2 Å². The van der Waals surface area contributed by atoms with Crippen LogP contribution in [-0.2, 0) is 11.8 Å². The van der Waals surface area contributed by atoms with Crippen LogP contribution in [-0.4, -0.2) is 58.4 Å². The van der Waals surface area contributed by atoms with Crippen molar-refractivity contribution < 1.29 is 9.59 Å². The van der Waals surface area contributed by atoms with Gasteiger partial charge in [0.05, 0.1) is 10.6 Å². The van der Waals surface area contributed by atoms with E-state index in [2.05, 4.69) is 35.4 Å². The van der Waals surface area contributed by atoms with Gasteiger partial charge in [0.1, 0.15) is 6.04 Å². The monoisotopic (exact) mass is 624 g/mol. The highest BCUT2D eigenvalue weighted by Gasteiger charge is 2.32. The number of aromatic nitrogens is 2. The molecule has 1 fully saturated rings. The van der Waals surface area contributed by atoms with Crippen LogP contribution in [0.1, 0.15) is 75.8 Å². The summed E-state index contributed by atoms with van der Waals surface area (Å²) in [4.78, 5) is 49.9. The summed E-state index contributed by atoms with van der Waals surface area (Å²) in [5.41, 5.74) is 5.66. The summed E-state index contributed by atoms with van der Waals surface area (Å²) in [7, 11) is 5.48. The molecule has 2 aromatic heterocycles. The van der Waals surface area contributed by atoms with Gasteiger partial charge < -0.3 is 20.1 Å². The predicted octanol–water partition coefficient (Wildman–Crippen LogP) is 6.26. The van der Waals surface area contributed by atoms with Crippen molar-refractivity contribution in [2.45, 2.75) is 51.5 Å². The van der Waals surface area contributed by atoms with E-state index in [1.165, 1.54) is 15.0 Å². The number of piperazine rings is 1. The van der Waals surface area contributed by atoms with Gasteiger partial charge in [-0.1, -0.05) is 38.1 Å². The molecule has 234 valence electrons. The number of rotatable bonds is 7. The van der Waals surface area contributed by atoms with Crippen molar-refractivity contribution in [2.75, 3.05) is 37.8 Å². The van der Waals surface area contributed by atoms with Gasteiger partial charge in [-0.05, 0) is 79.6 Å². The molecule has 2 N–H and O–H groups in total. The maximum absolute atomic E-state index is 13.4. The zero-order valence-corrected chi connectivity index (χ0v) is 27.5. The van der Waals surface area contributed by atoms with Gasteiger partial charge in [-0.3, -0.25) is 19.3 Å². The lowest BCUT2D eigenvalue weighted by atomic mass is 9.99. The summed E-state index contributed by atoms with van der Waals surface area (Å²) >= 11 is 1.61. The second-order valence-corrected chi connectivity index (χ2v) is 13.5. The molecule has 4 aromatic rings. The van der Waals surface area contributed by atoms with Crippen LogP contribution in [0.15, 0.2) is 59.5 Å². The van der Waals surface area contributed by atoms with Gasteiger partial charge in [-0.15, -0.1) is 11.3 Å². The molecule has 6 rings (SSSR count). The van der Waals surface area contributed by atoms with Crippen molar-refractivity contribution in [1.29, 1.82) is 0 Å². The Morgan fingerprint density at radius 3 is 2.56 bits per heavy atom. The van der Waals surface area contributed by atoms with Gasteiger partial charge >= 0.3 is 0 Å². The van der Waals surface area contributed by atoms with Gasteiger partial charge in [0.25, 0.3) is 11.5 Å². The lowest BCUT2D eigenvalue weighted by molar-refractivity contribution is -0.139. The number of carbonyl (C=O) groups is 2. The first kappa shape index (κ1) is 30.7. The number of aryl methyl sites for hydroxylation is 1. The van der Waals surface area contributed by atoms with Gasteiger partial charge in [-0.25, -0.2) is 4.98 Å². The van der Waals surface area contributed by atoms with Crippen LogP contribution in [0, 0.1) is 6.92 Å². The van der Waals surface area contributed by atoms with E-state index in [9.17, 15) is 14.4 Å². The van der Waals surface area contributed by atoms with Crippen LogP contribution in [0.5, 0.6) is 0 Å². The van der Waals surface area contributed by atoms with E-state index < -0.39 is 0 Å². The normalized spacial score (nSPS) is 19.9. The smallest absolute Gasteiger partial charge is 0.293 e. The van der Waals surface area contributed by atoms with Crippen molar-refractivity contribution in [2.24, 2.45) is 7.05 Å². The molecule has 9 nitrogen and oxygen atoms in total. The average molecular weight is 625 g/mol. The maximum Gasteiger partial charge on any atom is 0.293 e. The summed E-state index contributed by atoms with van der Waals surface area (Å²) in [5, 5.41) is 6.30. The van der Waals surface area contributed by atoms with E-state index in [4.69, 9.17) is 4.98 Å². The Kier molecular flexibility index (Phi) is 8.37. The zero-order valence-electron chi connectivity index (χ0n) is 26.7. The Morgan fingerprint density at radius 1 is 1.07 bits per heavy atom. The first-order valence-corrected chi connectivity index (χ1v) is 16.3.